The molecule has 0 bridgehead atoms. The van der Waals surface area contributed by atoms with E-state index >= 15 is 0 Å². The number of fused-ring (bicyclic) bond motifs is 1. The number of carbonyl (C=O) groups excluding carboxylic acids is 1. The van der Waals surface area contributed by atoms with Crippen LogP contribution in [-0.2, 0) is 4.74 Å². The molecule has 0 aliphatic carbocycles. The van der Waals surface area contributed by atoms with Crippen LogP contribution >= 0.6 is 0 Å². The maximum Gasteiger partial charge on any atom is 0.340 e. The third kappa shape index (κ3) is 5.04. The molecule has 0 aliphatic rings. The van der Waals surface area contributed by atoms with Crippen LogP contribution in [0, 0.1) is 6.92 Å². The normalized spacial score (nSPS) is 12.4. The van der Waals surface area contributed by atoms with E-state index in [1.54, 1.807) is 6.07 Å². The number of rotatable bonds is 5. The number of hydrogen-bond acceptors (Lipinski definition) is 5. The van der Waals surface area contributed by atoms with Crippen molar-refractivity contribution in [2.45, 2.75) is 46.3 Å². The van der Waals surface area contributed by atoms with Gasteiger partial charge in [0.1, 0.15) is 16.9 Å². The molecule has 4 rings (SSSR count). The number of para-hydroxylation sites is 1. The van der Waals surface area contributed by atoms with Crippen molar-refractivity contribution in [3.05, 3.63) is 99.7 Å². The second kappa shape index (κ2) is 9.18. The van der Waals surface area contributed by atoms with E-state index in [1.165, 1.54) is 6.07 Å². The quantitative estimate of drug-likeness (QED) is 0.332. The summed E-state index contributed by atoms with van der Waals surface area (Å²) < 4.78 is 11.9. The Bertz CT molecular complexity index is 1400. The van der Waals surface area contributed by atoms with Crippen molar-refractivity contribution < 1.29 is 13.9 Å². The maximum atomic E-state index is 13.0. The number of benzene rings is 3. The monoisotopic (exact) mass is 455 g/mol. The van der Waals surface area contributed by atoms with Crippen LogP contribution < -0.4 is 10.7 Å². The summed E-state index contributed by atoms with van der Waals surface area (Å²) in [5, 5.41) is 3.96. The lowest BCUT2D eigenvalue weighted by Crippen LogP contribution is -2.24. The van der Waals surface area contributed by atoms with E-state index in [2.05, 4.69) is 5.32 Å². The van der Waals surface area contributed by atoms with Gasteiger partial charge in [-0.1, -0.05) is 48.5 Å². The summed E-state index contributed by atoms with van der Waals surface area (Å²) in [6.45, 7) is 9.46. The third-order valence-corrected chi connectivity index (χ3v) is 5.44. The lowest BCUT2D eigenvalue weighted by atomic mass is 10.00. The Balaban J connectivity index is 1.77. The van der Waals surface area contributed by atoms with Gasteiger partial charge >= 0.3 is 5.97 Å². The van der Waals surface area contributed by atoms with Crippen LogP contribution in [0.15, 0.2) is 82.0 Å². The SMILES string of the molecule is Cc1cc([C@@H](C)Nc2ccccc2C(=O)OC(C)(C)C)c2oc(-c3ccccc3)cc(=O)c2c1. The van der Waals surface area contributed by atoms with Gasteiger partial charge in [-0.05, 0) is 58.4 Å². The molecule has 0 fully saturated rings. The van der Waals surface area contributed by atoms with E-state index < -0.39 is 11.6 Å². The Morgan fingerprint density at radius 2 is 1.65 bits per heavy atom. The molecule has 174 valence electrons. The molecule has 0 unspecified atom stereocenters. The van der Waals surface area contributed by atoms with Gasteiger partial charge in [-0.15, -0.1) is 0 Å². The summed E-state index contributed by atoms with van der Waals surface area (Å²) in [5.41, 5.74) is 3.58. The molecule has 1 heterocycles. The number of esters is 1. The molecule has 1 aromatic heterocycles. The van der Waals surface area contributed by atoms with Gasteiger partial charge < -0.3 is 14.5 Å². The number of ether oxygens (including phenoxy) is 1. The van der Waals surface area contributed by atoms with E-state index in [9.17, 15) is 9.59 Å². The van der Waals surface area contributed by atoms with E-state index in [-0.39, 0.29) is 11.5 Å². The molecule has 4 aromatic rings. The molecule has 1 atom stereocenters. The van der Waals surface area contributed by atoms with Gasteiger partial charge in [0.15, 0.2) is 5.43 Å². The van der Waals surface area contributed by atoms with Crippen LogP contribution in [0.5, 0.6) is 0 Å². The lowest BCUT2D eigenvalue weighted by molar-refractivity contribution is 0.00706. The van der Waals surface area contributed by atoms with Crippen LogP contribution in [0.3, 0.4) is 0 Å². The van der Waals surface area contributed by atoms with Crippen LogP contribution in [0.25, 0.3) is 22.3 Å². The van der Waals surface area contributed by atoms with Crippen molar-refractivity contribution in [2.75, 3.05) is 5.32 Å². The molecule has 0 amide bonds. The molecule has 3 aromatic carbocycles. The van der Waals surface area contributed by atoms with Gasteiger partial charge in [-0.25, -0.2) is 4.79 Å². The Labute approximate surface area is 199 Å². The Kier molecular flexibility index (Phi) is 6.29. The largest absolute Gasteiger partial charge is 0.456 e. The highest BCUT2D eigenvalue weighted by Gasteiger charge is 2.22. The first-order valence-corrected chi connectivity index (χ1v) is 11.3. The molecule has 0 radical (unpaired) electrons. The zero-order chi connectivity index (χ0) is 24.5. The molecule has 0 spiro atoms. The minimum Gasteiger partial charge on any atom is -0.456 e. The Hall–Kier alpha value is -3.86. The average Bonchev–Trinajstić information content (AvgIpc) is 2.78. The van der Waals surface area contributed by atoms with Gasteiger partial charge in [0, 0.05) is 22.9 Å². The van der Waals surface area contributed by atoms with Crippen molar-refractivity contribution >= 4 is 22.6 Å². The summed E-state index contributed by atoms with van der Waals surface area (Å²) >= 11 is 0. The minimum absolute atomic E-state index is 0.0913. The van der Waals surface area contributed by atoms with Crippen LogP contribution in [0.2, 0.25) is 0 Å². The maximum absolute atomic E-state index is 13.0. The third-order valence-electron chi connectivity index (χ3n) is 5.44. The van der Waals surface area contributed by atoms with Crippen molar-refractivity contribution in [1.82, 2.24) is 0 Å². The molecule has 0 saturated heterocycles. The predicted octanol–water partition coefficient (Wildman–Crippen LogP) is 6.90. The highest BCUT2D eigenvalue weighted by atomic mass is 16.6. The van der Waals surface area contributed by atoms with Gasteiger partial charge in [0.2, 0.25) is 0 Å². The molecule has 0 saturated carbocycles. The van der Waals surface area contributed by atoms with Crippen LogP contribution in [0.4, 0.5) is 5.69 Å². The molecule has 5 nitrogen and oxygen atoms in total. The Morgan fingerprint density at radius 3 is 2.35 bits per heavy atom. The van der Waals surface area contributed by atoms with Gasteiger partial charge in [-0.3, -0.25) is 4.79 Å². The molecular formula is C29H29NO4. The highest BCUT2D eigenvalue weighted by molar-refractivity contribution is 5.96. The summed E-state index contributed by atoms with van der Waals surface area (Å²) in [4.78, 5) is 25.8. The topological polar surface area (TPSA) is 68.5 Å². The number of nitrogens with one attached hydrogen (secondary N) is 1. The fraction of sp³-hybridized carbons (Fsp3) is 0.241. The minimum atomic E-state index is -0.597. The fourth-order valence-electron chi connectivity index (χ4n) is 3.93. The lowest BCUT2D eigenvalue weighted by Gasteiger charge is -2.22. The number of hydrogen-bond donors (Lipinski definition) is 1. The Morgan fingerprint density at radius 1 is 0.971 bits per heavy atom. The number of anilines is 1. The van der Waals surface area contributed by atoms with Crippen LogP contribution in [0.1, 0.15) is 55.2 Å². The smallest absolute Gasteiger partial charge is 0.340 e. The summed E-state index contributed by atoms with van der Waals surface area (Å²) in [6, 6.07) is 22.0. The van der Waals surface area contributed by atoms with Crippen molar-refractivity contribution in [2.24, 2.45) is 0 Å². The molecular weight excluding hydrogens is 426 g/mol. The van der Waals surface area contributed by atoms with E-state index in [0.29, 0.717) is 28.0 Å². The summed E-state index contributed by atoms with van der Waals surface area (Å²) in [5.74, 6) is 0.124. The standard InChI is InChI=1S/C29H29NO4/c1-18-15-22(19(2)30-24-14-10-9-13-21(24)28(32)34-29(3,4)5)27-23(16-18)25(31)17-26(33-27)20-11-7-6-8-12-20/h6-17,19,30H,1-5H3/t19-/m1/s1. The van der Waals surface area contributed by atoms with Crippen LogP contribution in [-0.4, -0.2) is 11.6 Å². The first-order valence-electron chi connectivity index (χ1n) is 11.3. The average molecular weight is 456 g/mol. The summed E-state index contributed by atoms with van der Waals surface area (Å²) in [6.07, 6.45) is 0. The number of aryl methyl sites for hydroxylation is 1. The second-order valence-electron chi connectivity index (χ2n) is 9.49. The van der Waals surface area contributed by atoms with E-state index in [4.69, 9.17) is 9.15 Å². The molecule has 1 N–H and O–H groups in total. The van der Waals surface area contributed by atoms with Crippen molar-refractivity contribution in [3.63, 3.8) is 0 Å². The predicted molar refractivity (Wildman–Crippen MR) is 136 cm³/mol. The zero-order valence-electron chi connectivity index (χ0n) is 20.1. The zero-order valence-corrected chi connectivity index (χ0v) is 20.1. The molecule has 0 aliphatic heterocycles. The van der Waals surface area contributed by atoms with Crippen molar-refractivity contribution in [3.8, 4) is 11.3 Å². The van der Waals surface area contributed by atoms with Gasteiger partial charge in [0.05, 0.1) is 17.0 Å². The van der Waals surface area contributed by atoms with Gasteiger partial charge in [-0.2, -0.15) is 0 Å². The molecule has 5 heteroatoms. The first-order chi connectivity index (χ1) is 16.1. The van der Waals surface area contributed by atoms with E-state index in [0.717, 1.165) is 16.7 Å². The van der Waals surface area contributed by atoms with Crippen molar-refractivity contribution in [1.29, 1.82) is 0 Å². The second-order valence-corrected chi connectivity index (χ2v) is 9.49. The van der Waals surface area contributed by atoms with Gasteiger partial charge in [0.25, 0.3) is 0 Å². The highest BCUT2D eigenvalue weighted by Crippen LogP contribution is 2.31. The summed E-state index contributed by atoms with van der Waals surface area (Å²) in [7, 11) is 0. The fourth-order valence-corrected chi connectivity index (χ4v) is 3.93. The number of carbonyl (C=O) groups is 1. The molecule has 34 heavy (non-hydrogen) atoms. The first kappa shape index (κ1) is 23.3. The van der Waals surface area contributed by atoms with E-state index in [1.807, 2.05) is 95.3 Å².